The SMILES string of the molecule is Cc1cc(OCC(=O)N/N=C\c2cccc(OCc3ccccc3)c2)ccc1Cl. The van der Waals surface area contributed by atoms with Gasteiger partial charge in [-0.1, -0.05) is 54.1 Å². The molecule has 0 fully saturated rings. The smallest absolute Gasteiger partial charge is 0.277 e. The van der Waals surface area contributed by atoms with Crippen molar-refractivity contribution in [1.29, 1.82) is 0 Å². The molecule has 0 atom stereocenters. The minimum Gasteiger partial charge on any atom is -0.489 e. The van der Waals surface area contributed by atoms with E-state index in [2.05, 4.69) is 10.5 Å². The van der Waals surface area contributed by atoms with Crippen LogP contribution in [0.1, 0.15) is 16.7 Å². The zero-order valence-electron chi connectivity index (χ0n) is 16.0. The van der Waals surface area contributed by atoms with Crippen LogP contribution in [0.3, 0.4) is 0 Å². The fourth-order valence-electron chi connectivity index (χ4n) is 2.49. The van der Waals surface area contributed by atoms with Crippen LogP contribution in [0, 0.1) is 6.92 Å². The van der Waals surface area contributed by atoms with Gasteiger partial charge in [-0.05, 0) is 53.9 Å². The highest BCUT2D eigenvalue weighted by Gasteiger charge is 2.03. The molecule has 5 nitrogen and oxygen atoms in total. The van der Waals surface area contributed by atoms with E-state index < -0.39 is 0 Å². The minimum atomic E-state index is -0.356. The maximum Gasteiger partial charge on any atom is 0.277 e. The average molecular weight is 409 g/mol. The summed E-state index contributed by atoms with van der Waals surface area (Å²) in [5.74, 6) is 0.949. The van der Waals surface area contributed by atoms with E-state index in [1.807, 2.05) is 61.5 Å². The minimum absolute atomic E-state index is 0.140. The van der Waals surface area contributed by atoms with E-state index in [4.69, 9.17) is 21.1 Å². The lowest BCUT2D eigenvalue weighted by atomic mass is 10.2. The molecule has 0 aliphatic heterocycles. The molecule has 0 heterocycles. The monoisotopic (exact) mass is 408 g/mol. The maximum atomic E-state index is 11.9. The van der Waals surface area contributed by atoms with E-state index in [-0.39, 0.29) is 12.5 Å². The standard InChI is InChI=1S/C23H21ClN2O3/c1-17-12-21(10-11-22(17)24)29-16-23(27)26-25-14-19-8-5-9-20(13-19)28-15-18-6-3-2-4-7-18/h2-14H,15-16H2,1H3,(H,26,27)/b25-14-. The number of nitrogens with one attached hydrogen (secondary N) is 1. The Hall–Kier alpha value is -3.31. The average Bonchev–Trinajstić information content (AvgIpc) is 2.74. The third-order valence-corrected chi connectivity index (χ3v) is 4.43. The lowest BCUT2D eigenvalue weighted by Gasteiger charge is -2.07. The van der Waals surface area contributed by atoms with Gasteiger partial charge in [-0.3, -0.25) is 4.79 Å². The van der Waals surface area contributed by atoms with Crippen LogP contribution in [0.15, 0.2) is 77.9 Å². The van der Waals surface area contributed by atoms with Gasteiger partial charge in [-0.2, -0.15) is 5.10 Å². The van der Waals surface area contributed by atoms with Crippen molar-refractivity contribution in [2.24, 2.45) is 5.10 Å². The first-order valence-corrected chi connectivity index (χ1v) is 9.45. The summed E-state index contributed by atoms with van der Waals surface area (Å²) in [4.78, 5) is 11.9. The van der Waals surface area contributed by atoms with Crippen LogP contribution in [0.5, 0.6) is 11.5 Å². The van der Waals surface area contributed by atoms with Gasteiger partial charge in [0, 0.05) is 5.02 Å². The first-order valence-electron chi connectivity index (χ1n) is 9.08. The Morgan fingerprint density at radius 3 is 2.59 bits per heavy atom. The van der Waals surface area contributed by atoms with Crippen molar-refractivity contribution in [3.8, 4) is 11.5 Å². The van der Waals surface area contributed by atoms with Gasteiger partial charge in [0.25, 0.3) is 5.91 Å². The molecule has 1 N–H and O–H groups in total. The van der Waals surface area contributed by atoms with Crippen molar-refractivity contribution in [1.82, 2.24) is 5.43 Å². The molecule has 1 amide bonds. The van der Waals surface area contributed by atoms with Crippen LogP contribution in [-0.4, -0.2) is 18.7 Å². The zero-order chi connectivity index (χ0) is 20.5. The van der Waals surface area contributed by atoms with Crippen molar-refractivity contribution in [3.05, 3.63) is 94.5 Å². The highest BCUT2D eigenvalue weighted by molar-refractivity contribution is 6.31. The Morgan fingerprint density at radius 2 is 1.79 bits per heavy atom. The van der Waals surface area contributed by atoms with Crippen molar-refractivity contribution >= 4 is 23.7 Å². The highest BCUT2D eigenvalue weighted by atomic mass is 35.5. The lowest BCUT2D eigenvalue weighted by molar-refractivity contribution is -0.123. The summed E-state index contributed by atoms with van der Waals surface area (Å²) in [7, 11) is 0. The van der Waals surface area contributed by atoms with Gasteiger partial charge in [0.05, 0.1) is 6.21 Å². The third kappa shape index (κ3) is 6.66. The highest BCUT2D eigenvalue weighted by Crippen LogP contribution is 2.20. The molecule has 0 aliphatic rings. The molecular weight excluding hydrogens is 388 g/mol. The van der Waals surface area contributed by atoms with Gasteiger partial charge in [0.1, 0.15) is 18.1 Å². The molecule has 0 aromatic heterocycles. The normalized spacial score (nSPS) is 10.7. The summed E-state index contributed by atoms with van der Waals surface area (Å²) in [6.07, 6.45) is 1.56. The fraction of sp³-hybridized carbons (Fsp3) is 0.130. The number of aryl methyl sites for hydroxylation is 1. The van der Waals surface area contributed by atoms with Crippen molar-refractivity contribution in [3.63, 3.8) is 0 Å². The summed E-state index contributed by atoms with van der Waals surface area (Å²) in [5, 5.41) is 4.62. The second-order valence-corrected chi connectivity index (χ2v) is 6.75. The van der Waals surface area contributed by atoms with E-state index in [1.54, 1.807) is 24.4 Å². The maximum absolute atomic E-state index is 11.9. The number of rotatable bonds is 8. The molecule has 0 saturated heterocycles. The third-order valence-electron chi connectivity index (χ3n) is 4.01. The quantitative estimate of drug-likeness (QED) is 0.432. The molecule has 6 heteroatoms. The van der Waals surface area contributed by atoms with Gasteiger partial charge in [0.15, 0.2) is 6.61 Å². The number of hydrazone groups is 1. The lowest BCUT2D eigenvalue weighted by Crippen LogP contribution is -2.24. The number of amides is 1. The molecular formula is C23H21ClN2O3. The zero-order valence-corrected chi connectivity index (χ0v) is 16.7. The van der Waals surface area contributed by atoms with E-state index in [1.165, 1.54) is 0 Å². The number of hydrogen-bond acceptors (Lipinski definition) is 4. The molecule has 3 rings (SSSR count). The topological polar surface area (TPSA) is 59.9 Å². The van der Waals surface area contributed by atoms with Gasteiger partial charge < -0.3 is 9.47 Å². The summed E-state index contributed by atoms with van der Waals surface area (Å²) in [5.41, 5.74) is 5.23. The summed E-state index contributed by atoms with van der Waals surface area (Å²) >= 11 is 5.97. The molecule has 0 unspecified atom stereocenters. The summed E-state index contributed by atoms with van der Waals surface area (Å²) in [6, 6.07) is 22.6. The van der Waals surface area contributed by atoms with Crippen molar-refractivity contribution in [2.75, 3.05) is 6.61 Å². The van der Waals surface area contributed by atoms with Crippen LogP contribution in [0.2, 0.25) is 5.02 Å². The Labute approximate surface area is 174 Å². The second kappa shape index (κ2) is 10.3. The van der Waals surface area contributed by atoms with Crippen molar-refractivity contribution < 1.29 is 14.3 Å². The second-order valence-electron chi connectivity index (χ2n) is 6.34. The largest absolute Gasteiger partial charge is 0.489 e. The van der Waals surface area contributed by atoms with Crippen LogP contribution in [0.4, 0.5) is 0 Å². The number of benzene rings is 3. The molecule has 0 bridgehead atoms. The molecule has 3 aromatic rings. The number of hydrogen-bond donors (Lipinski definition) is 1. The van der Waals surface area contributed by atoms with Gasteiger partial charge in [0.2, 0.25) is 0 Å². The van der Waals surface area contributed by atoms with E-state index >= 15 is 0 Å². The van der Waals surface area contributed by atoms with E-state index in [9.17, 15) is 4.79 Å². The molecule has 0 saturated carbocycles. The number of carbonyl (C=O) groups is 1. The Kier molecular flexibility index (Phi) is 7.25. The first kappa shape index (κ1) is 20.4. The van der Waals surface area contributed by atoms with Crippen LogP contribution in [0.25, 0.3) is 0 Å². The molecule has 3 aromatic carbocycles. The molecule has 0 spiro atoms. The van der Waals surface area contributed by atoms with E-state index in [0.29, 0.717) is 17.4 Å². The van der Waals surface area contributed by atoms with Crippen LogP contribution in [-0.2, 0) is 11.4 Å². The molecule has 148 valence electrons. The predicted octanol–water partition coefficient (Wildman–Crippen LogP) is 4.76. The van der Waals surface area contributed by atoms with Gasteiger partial charge in [-0.15, -0.1) is 0 Å². The number of carbonyl (C=O) groups excluding carboxylic acids is 1. The number of nitrogens with zero attached hydrogens (tertiary/aromatic N) is 1. The Balaban J connectivity index is 1.46. The first-order chi connectivity index (χ1) is 14.1. The summed E-state index contributed by atoms with van der Waals surface area (Å²) < 4.78 is 11.2. The molecule has 0 aliphatic carbocycles. The van der Waals surface area contributed by atoms with Gasteiger partial charge >= 0.3 is 0 Å². The summed E-state index contributed by atoms with van der Waals surface area (Å²) in [6.45, 7) is 2.22. The van der Waals surface area contributed by atoms with Gasteiger partial charge in [-0.25, -0.2) is 5.43 Å². The Bertz CT molecular complexity index is 990. The fourth-order valence-corrected chi connectivity index (χ4v) is 2.61. The van der Waals surface area contributed by atoms with E-state index in [0.717, 1.165) is 22.4 Å². The van der Waals surface area contributed by atoms with Crippen LogP contribution < -0.4 is 14.9 Å². The predicted molar refractivity (Wildman–Crippen MR) is 115 cm³/mol. The van der Waals surface area contributed by atoms with Crippen molar-refractivity contribution in [2.45, 2.75) is 13.5 Å². The molecule has 0 radical (unpaired) electrons. The Morgan fingerprint density at radius 1 is 1.00 bits per heavy atom. The van der Waals surface area contributed by atoms with Crippen LogP contribution >= 0.6 is 11.6 Å². The molecule has 29 heavy (non-hydrogen) atoms. The number of ether oxygens (including phenoxy) is 2. The number of halogens is 1.